The molecular weight excluding hydrogens is 332 g/mol. The zero-order valence-corrected chi connectivity index (χ0v) is 14.3. The van der Waals surface area contributed by atoms with Gasteiger partial charge in [-0.05, 0) is 38.5 Å². The van der Waals surface area contributed by atoms with Gasteiger partial charge in [-0.1, -0.05) is 23.8 Å². The number of aliphatic hydroxyl groups excluding tert-OH is 1. The Kier molecular flexibility index (Phi) is 6.55. The fraction of sp³-hybridized carbons (Fsp3) is 0.462. The van der Waals surface area contributed by atoms with Crippen molar-refractivity contribution >= 4 is 38.8 Å². The summed E-state index contributed by atoms with van der Waals surface area (Å²) in [5, 5.41) is 9.11. The maximum absolute atomic E-state index is 12.6. The molecule has 0 fully saturated rings. The molecule has 0 aliphatic rings. The highest BCUT2D eigenvalue weighted by atomic mass is 35.5. The third-order valence-corrected chi connectivity index (χ3v) is 5.53. The van der Waals surface area contributed by atoms with Gasteiger partial charge in [0.1, 0.15) is 4.99 Å². The van der Waals surface area contributed by atoms with Gasteiger partial charge < -0.3 is 10.8 Å². The molecule has 1 aromatic carbocycles. The number of aliphatic hydroxyl groups is 1. The first kappa shape index (κ1) is 18.3. The molecule has 8 heteroatoms. The Balaban J connectivity index is 3.22. The van der Waals surface area contributed by atoms with Crippen molar-refractivity contribution < 1.29 is 13.5 Å². The highest BCUT2D eigenvalue weighted by Gasteiger charge is 2.27. The van der Waals surface area contributed by atoms with E-state index >= 15 is 0 Å². The molecular formula is C13H19ClN2O3S2. The molecule has 1 rings (SSSR count). The Morgan fingerprint density at radius 2 is 2.10 bits per heavy atom. The summed E-state index contributed by atoms with van der Waals surface area (Å²) in [5.74, 6) is 0. The summed E-state index contributed by atoms with van der Waals surface area (Å²) in [6, 6.07) is 4.06. The van der Waals surface area contributed by atoms with Crippen LogP contribution in [0.15, 0.2) is 23.1 Å². The number of halogens is 1. The Morgan fingerprint density at radius 3 is 2.52 bits per heavy atom. The minimum absolute atomic E-state index is 0.0696. The normalized spacial score (nSPS) is 12.1. The van der Waals surface area contributed by atoms with Crippen molar-refractivity contribution in [3.05, 3.63) is 28.8 Å². The third kappa shape index (κ3) is 4.37. The van der Waals surface area contributed by atoms with Crippen LogP contribution in [-0.4, -0.2) is 42.0 Å². The molecule has 0 atom stereocenters. The molecule has 0 bridgehead atoms. The van der Waals surface area contributed by atoms with Crippen LogP contribution in [0, 0.1) is 0 Å². The van der Waals surface area contributed by atoms with Crippen LogP contribution in [0.25, 0.3) is 0 Å². The molecule has 0 aromatic heterocycles. The molecule has 1 aromatic rings. The Labute approximate surface area is 135 Å². The fourth-order valence-electron chi connectivity index (χ4n) is 1.87. The predicted molar refractivity (Wildman–Crippen MR) is 88.1 cm³/mol. The predicted octanol–water partition coefficient (Wildman–Crippen LogP) is 1.76. The minimum atomic E-state index is -3.68. The zero-order valence-electron chi connectivity index (χ0n) is 11.9. The number of rotatable bonds is 7. The monoisotopic (exact) mass is 350 g/mol. The van der Waals surface area contributed by atoms with E-state index < -0.39 is 10.0 Å². The Hall–Kier alpha value is -0.730. The van der Waals surface area contributed by atoms with Gasteiger partial charge in [-0.25, -0.2) is 8.42 Å². The highest BCUT2D eigenvalue weighted by Crippen LogP contribution is 2.24. The molecule has 5 nitrogen and oxygen atoms in total. The summed E-state index contributed by atoms with van der Waals surface area (Å²) in [6.45, 7) is 3.73. The maximum Gasteiger partial charge on any atom is 0.243 e. The molecule has 0 amide bonds. The van der Waals surface area contributed by atoms with E-state index in [1.54, 1.807) is 13.8 Å². The number of sulfonamides is 1. The van der Waals surface area contributed by atoms with Gasteiger partial charge in [0.05, 0.1) is 9.92 Å². The van der Waals surface area contributed by atoms with Crippen molar-refractivity contribution in [2.45, 2.75) is 31.2 Å². The lowest BCUT2D eigenvalue weighted by Gasteiger charge is -2.25. The van der Waals surface area contributed by atoms with Crippen molar-refractivity contribution in [3.63, 3.8) is 0 Å². The lowest BCUT2D eigenvalue weighted by atomic mass is 10.2. The van der Waals surface area contributed by atoms with Crippen LogP contribution in [-0.2, 0) is 10.0 Å². The average Bonchev–Trinajstić information content (AvgIpc) is 2.37. The van der Waals surface area contributed by atoms with Crippen LogP contribution in [0.5, 0.6) is 0 Å². The summed E-state index contributed by atoms with van der Waals surface area (Å²) < 4.78 is 26.6. The van der Waals surface area contributed by atoms with Gasteiger partial charge in [-0.3, -0.25) is 0 Å². The quantitative estimate of drug-likeness (QED) is 0.732. The smallest absolute Gasteiger partial charge is 0.243 e. The first-order chi connectivity index (χ1) is 9.71. The van der Waals surface area contributed by atoms with Crippen LogP contribution >= 0.6 is 23.8 Å². The SMILES string of the molecule is CC(C)N(CCCO)S(=O)(=O)c1ccc(C(N)=S)c(Cl)c1. The highest BCUT2D eigenvalue weighted by molar-refractivity contribution is 7.89. The summed E-state index contributed by atoms with van der Waals surface area (Å²) >= 11 is 10.9. The molecule has 118 valence electrons. The van der Waals surface area contributed by atoms with E-state index in [-0.39, 0.29) is 34.1 Å². The topological polar surface area (TPSA) is 83.6 Å². The van der Waals surface area contributed by atoms with Crippen molar-refractivity contribution in [3.8, 4) is 0 Å². The summed E-state index contributed by atoms with van der Waals surface area (Å²) in [7, 11) is -3.68. The molecule has 0 aliphatic carbocycles. The van der Waals surface area contributed by atoms with E-state index in [1.807, 2.05) is 0 Å². The zero-order chi connectivity index (χ0) is 16.2. The first-order valence-corrected chi connectivity index (χ1v) is 8.66. The van der Waals surface area contributed by atoms with E-state index in [0.29, 0.717) is 12.0 Å². The van der Waals surface area contributed by atoms with Gasteiger partial charge in [0.25, 0.3) is 0 Å². The first-order valence-electron chi connectivity index (χ1n) is 6.44. The largest absolute Gasteiger partial charge is 0.396 e. The van der Waals surface area contributed by atoms with Crippen molar-refractivity contribution in [1.82, 2.24) is 4.31 Å². The van der Waals surface area contributed by atoms with Crippen LogP contribution in [0.3, 0.4) is 0 Å². The fourth-order valence-corrected chi connectivity index (χ4v) is 4.16. The summed E-state index contributed by atoms with van der Waals surface area (Å²) in [4.78, 5) is 0.198. The van der Waals surface area contributed by atoms with E-state index in [9.17, 15) is 8.42 Å². The maximum atomic E-state index is 12.6. The molecule has 0 saturated carbocycles. The number of thiocarbonyl (C=S) groups is 1. The van der Waals surface area contributed by atoms with Gasteiger partial charge >= 0.3 is 0 Å². The minimum Gasteiger partial charge on any atom is -0.396 e. The third-order valence-electron chi connectivity index (χ3n) is 2.93. The number of nitrogens with two attached hydrogens (primary N) is 1. The number of hydrogen-bond acceptors (Lipinski definition) is 4. The van der Waals surface area contributed by atoms with Gasteiger partial charge in [-0.2, -0.15) is 4.31 Å². The van der Waals surface area contributed by atoms with Crippen molar-refractivity contribution in [1.29, 1.82) is 0 Å². The molecule has 0 heterocycles. The molecule has 21 heavy (non-hydrogen) atoms. The molecule has 3 N–H and O–H groups in total. The second-order valence-electron chi connectivity index (χ2n) is 4.79. The number of nitrogens with zero attached hydrogens (tertiary/aromatic N) is 1. The lowest BCUT2D eigenvalue weighted by Crippen LogP contribution is -2.38. The number of hydrogen-bond donors (Lipinski definition) is 2. The molecule has 0 saturated heterocycles. The Morgan fingerprint density at radius 1 is 1.48 bits per heavy atom. The van der Waals surface area contributed by atoms with E-state index in [1.165, 1.54) is 22.5 Å². The average molecular weight is 351 g/mol. The summed E-state index contributed by atoms with van der Waals surface area (Å²) in [6.07, 6.45) is 0.371. The number of benzene rings is 1. The van der Waals surface area contributed by atoms with Crippen molar-refractivity contribution in [2.75, 3.05) is 13.2 Å². The van der Waals surface area contributed by atoms with Gasteiger partial charge in [0, 0.05) is 24.8 Å². The van der Waals surface area contributed by atoms with Gasteiger partial charge in [0.15, 0.2) is 0 Å². The second kappa shape index (κ2) is 7.51. The summed E-state index contributed by atoms with van der Waals surface area (Å²) in [5.41, 5.74) is 5.95. The van der Waals surface area contributed by atoms with E-state index in [0.717, 1.165) is 0 Å². The van der Waals surface area contributed by atoms with Crippen LogP contribution in [0.1, 0.15) is 25.8 Å². The Bertz CT molecular complexity index is 618. The lowest BCUT2D eigenvalue weighted by molar-refractivity contribution is 0.258. The standard InChI is InChI=1S/C13H19ClN2O3S2/c1-9(2)16(6-3-7-17)21(18,19)10-4-5-11(13(15)20)12(14)8-10/h4-5,8-9,17H,3,6-7H2,1-2H3,(H2,15,20). The molecule has 0 unspecified atom stereocenters. The molecule has 0 radical (unpaired) electrons. The molecule has 0 spiro atoms. The van der Waals surface area contributed by atoms with Crippen LogP contribution < -0.4 is 5.73 Å². The van der Waals surface area contributed by atoms with E-state index in [2.05, 4.69) is 0 Å². The van der Waals surface area contributed by atoms with Crippen LogP contribution in [0.4, 0.5) is 0 Å². The van der Waals surface area contributed by atoms with E-state index in [4.69, 9.17) is 34.7 Å². The second-order valence-corrected chi connectivity index (χ2v) is 7.53. The van der Waals surface area contributed by atoms with Crippen LogP contribution in [0.2, 0.25) is 5.02 Å². The van der Waals surface area contributed by atoms with Crippen molar-refractivity contribution in [2.24, 2.45) is 5.73 Å². The van der Waals surface area contributed by atoms with Gasteiger partial charge in [-0.15, -0.1) is 0 Å². The van der Waals surface area contributed by atoms with Gasteiger partial charge in [0.2, 0.25) is 10.0 Å². The molecule has 0 aliphatic heterocycles.